The second kappa shape index (κ2) is 31.9. The quantitative estimate of drug-likeness (QED) is 0.0360. The van der Waals surface area contributed by atoms with Crippen molar-refractivity contribution in [1.82, 2.24) is 9.97 Å². The normalized spacial score (nSPS) is 12.9. The molecule has 0 amide bonds. The Morgan fingerprint density at radius 3 is 1.27 bits per heavy atom. The fraction of sp³-hybridized carbons (Fsp3) is 0.623. The SMILES string of the molecule is CCCCCCCCCCCCc1cc(C)sc1-c1sc(-c2sc(-c3ccc4c(c3)C(CCCCCCCC)(CCCCCCCC)c3cc(C)ccc3-4)cc2CCCCCCCCCCCC)c2nccnc12. The number of fused-ring (bicyclic) bond motifs is 4. The Balaban J connectivity index is 1.20. The van der Waals surface area contributed by atoms with E-state index < -0.39 is 0 Å². The molecule has 0 aliphatic heterocycles. The molecular weight excluding hydrogens is 953 g/mol. The number of unbranched alkanes of at least 4 members (excludes halogenated alkanes) is 28. The van der Waals surface area contributed by atoms with Crippen LogP contribution >= 0.6 is 34.0 Å². The molecule has 0 saturated carbocycles. The zero-order chi connectivity index (χ0) is 51.8. The Labute approximate surface area is 464 Å². The van der Waals surface area contributed by atoms with Crippen molar-refractivity contribution in [2.75, 3.05) is 0 Å². The molecule has 1 aliphatic rings. The molecule has 0 saturated heterocycles. The van der Waals surface area contributed by atoms with Gasteiger partial charge in [-0.2, -0.15) is 0 Å². The molecule has 0 fully saturated rings. The third kappa shape index (κ3) is 16.2. The van der Waals surface area contributed by atoms with E-state index in [0.717, 1.165) is 23.9 Å². The van der Waals surface area contributed by atoms with Gasteiger partial charge in [0.1, 0.15) is 11.0 Å². The maximum Gasteiger partial charge on any atom is 0.109 e. The van der Waals surface area contributed by atoms with Crippen LogP contribution in [0.25, 0.3) is 52.1 Å². The van der Waals surface area contributed by atoms with Crippen molar-refractivity contribution in [2.45, 2.75) is 278 Å². The van der Waals surface area contributed by atoms with Crippen molar-refractivity contribution in [3.63, 3.8) is 0 Å². The van der Waals surface area contributed by atoms with E-state index >= 15 is 0 Å². The molecule has 6 aromatic rings. The van der Waals surface area contributed by atoms with E-state index in [9.17, 15) is 0 Å². The molecule has 1 aliphatic carbocycles. The van der Waals surface area contributed by atoms with Crippen molar-refractivity contribution in [1.29, 1.82) is 0 Å². The highest BCUT2D eigenvalue weighted by atomic mass is 32.1. The van der Waals surface area contributed by atoms with Crippen molar-refractivity contribution in [2.24, 2.45) is 0 Å². The Kier molecular flexibility index (Phi) is 25.3. The molecule has 0 N–H and O–H groups in total. The number of benzene rings is 2. The first-order valence-electron chi connectivity index (χ1n) is 31.1. The zero-order valence-corrected chi connectivity index (χ0v) is 50.3. The first-order chi connectivity index (χ1) is 36.4. The maximum atomic E-state index is 5.21. The van der Waals surface area contributed by atoms with Gasteiger partial charge in [0.15, 0.2) is 0 Å². The van der Waals surface area contributed by atoms with Crippen LogP contribution in [0.5, 0.6) is 0 Å². The number of hydrogen-bond donors (Lipinski definition) is 0. The summed E-state index contributed by atoms with van der Waals surface area (Å²) in [7, 11) is 0. The van der Waals surface area contributed by atoms with Gasteiger partial charge in [-0.1, -0.05) is 256 Å². The second-order valence-corrected chi connectivity index (χ2v) is 26.3. The summed E-state index contributed by atoms with van der Waals surface area (Å²) in [5, 5.41) is 0. The molecule has 4 heterocycles. The molecule has 7 rings (SSSR count). The predicted octanol–water partition coefficient (Wildman–Crippen LogP) is 24.1. The van der Waals surface area contributed by atoms with Gasteiger partial charge >= 0.3 is 0 Å². The minimum atomic E-state index is 0.0695. The highest BCUT2D eigenvalue weighted by Crippen LogP contribution is 2.56. The molecule has 74 heavy (non-hydrogen) atoms. The van der Waals surface area contributed by atoms with Crippen molar-refractivity contribution in [3.8, 4) is 41.1 Å². The Hall–Kier alpha value is -3.12. The summed E-state index contributed by atoms with van der Waals surface area (Å²) in [6, 6.07) is 20.3. The molecule has 0 atom stereocenters. The second-order valence-electron chi connectivity index (χ2n) is 23.0. The van der Waals surface area contributed by atoms with Gasteiger partial charge in [-0.3, -0.25) is 9.97 Å². The molecule has 0 bridgehead atoms. The van der Waals surface area contributed by atoms with Gasteiger partial charge in [-0.15, -0.1) is 34.0 Å². The lowest BCUT2D eigenvalue weighted by molar-refractivity contribution is 0.398. The third-order valence-corrected chi connectivity index (χ3v) is 20.6. The van der Waals surface area contributed by atoms with Crippen LogP contribution in [-0.4, -0.2) is 9.97 Å². The highest BCUT2D eigenvalue weighted by Gasteiger charge is 2.42. The van der Waals surface area contributed by atoms with Crippen LogP contribution < -0.4 is 0 Å². The fourth-order valence-corrected chi connectivity index (χ4v) is 16.3. The van der Waals surface area contributed by atoms with E-state index in [1.165, 1.54) is 281 Å². The summed E-state index contributed by atoms with van der Waals surface area (Å²) in [6.07, 6.45) is 52.1. The molecule has 0 radical (unpaired) electrons. The molecule has 0 spiro atoms. The summed E-state index contributed by atoms with van der Waals surface area (Å²) in [4.78, 5) is 18.7. The van der Waals surface area contributed by atoms with Crippen molar-refractivity contribution < 1.29 is 0 Å². The van der Waals surface area contributed by atoms with Gasteiger partial charge in [0.05, 0.1) is 14.6 Å². The average Bonchev–Trinajstić information content (AvgIpc) is 4.18. The largest absolute Gasteiger partial charge is 0.251 e. The van der Waals surface area contributed by atoms with Crippen LogP contribution in [0.2, 0.25) is 0 Å². The monoisotopic (exact) mass is 1050 g/mol. The summed E-state index contributed by atoms with van der Waals surface area (Å²) >= 11 is 6.01. The summed E-state index contributed by atoms with van der Waals surface area (Å²) in [5.74, 6) is 0. The standard InChI is InChI=1S/C69H100N2S3/c1-7-11-15-19-23-25-27-29-31-35-39-56-50-54(6)72-65(56)67-63-64(71-48-47-70-63)68(74-67)66-57(40-36-32-30-28-26-24-20-16-12-8-2)52-62(73-66)55-42-44-59-58-43-41-53(5)49-60(58)69(61(59)51-55,45-37-33-21-17-13-9-3)46-38-34-22-18-14-10-4/h41-44,47-52H,7-40,45-46H2,1-6H3. The summed E-state index contributed by atoms with van der Waals surface area (Å²) in [6.45, 7) is 13.9. The third-order valence-electron chi connectivity index (χ3n) is 16.8. The maximum absolute atomic E-state index is 5.21. The number of hydrogen-bond acceptors (Lipinski definition) is 5. The molecule has 5 heteroatoms. The number of thiophene rings is 3. The predicted molar refractivity (Wildman–Crippen MR) is 332 cm³/mol. The van der Waals surface area contributed by atoms with E-state index in [2.05, 4.69) is 90.1 Å². The van der Waals surface area contributed by atoms with Gasteiger partial charge in [0, 0.05) is 32.4 Å². The van der Waals surface area contributed by atoms with E-state index in [4.69, 9.17) is 9.97 Å². The van der Waals surface area contributed by atoms with Gasteiger partial charge < -0.3 is 0 Å². The van der Waals surface area contributed by atoms with E-state index in [1.807, 2.05) is 46.4 Å². The lowest BCUT2D eigenvalue weighted by atomic mass is 9.70. The highest BCUT2D eigenvalue weighted by molar-refractivity contribution is 7.28. The first kappa shape index (κ1) is 58.6. The lowest BCUT2D eigenvalue weighted by Gasteiger charge is -2.33. The van der Waals surface area contributed by atoms with Gasteiger partial charge in [0.2, 0.25) is 0 Å². The molecule has 404 valence electrons. The average molecular weight is 1050 g/mol. The molecular formula is C69H100N2S3. The van der Waals surface area contributed by atoms with Crippen molar-refractivity contribution in [3.05, 3.63) is 93.6 Å². The Bertz CT molecular complexity index is 2520. The Morgan fingerprint density at radius 1 is 0.378 bits per heavy atom. The van der Waals surface area contributed by atoms with Crippen LogP contribution in [-0.2, 0) is 18.3 Å². The summed E-state index contributed by atoms with van der Waals surface area (Å²) < 4.78 is 0. The number of aromatic nitrogens is 2. The Morgan fingerprint density at radius 2 is 0.784 bits per heavy atom. The van der Waals surface area contributed by atoms with Gasteiger partial charge in [-0.05, 0) is 110 Å². The molecule has 4 aromatic heterocycles. The summed E-state index contributed by atoms with van der Waals surface area (Å²) in [5.41, 5.74) is 14.3. The number of rotatable bonds is 39. The van der Waals surface area contributed by atoms with Gasteiger partial charge in [0.25, 0.3) is 0 Å². The van der Waals surface area contributed by atoms with Crippen LogP contribution in [0, 0.1) is 13.8 Å². The fourth-order valence-electron chi connectivity index (χ4n) is 12.5. The van der Waals surface area contributed by atoms with Gasteiger partial charge in [-0.25, -0.2) is 0 Å². The van der Waals surface area contributed by atoms with E-state index in [1.54, 1.807) is 11.1 Å². The smallest absolute Gasteiger partial charge is 0.109 e. The van der Waals surface area contributed by atoms with Crippen LogP contribution in [0.4, 0.5) is 0 Å². The molecule has 0 unspecified atom stereocenters. The zero-order valence-electron chi connectivity index (χ0n) is 47.8. The van der Waals surface area contributed by atoms with Crippen LogP contribution in [0.1, 0.15) is 279 Å². The number of aryl methyl sites for hydroxylation is 4. The van der Waals surface area contributed by atoms with Crippen molar-refractivity contribution >= 4 is 45.0 Å². The molecule has 2 aromatic carbocycles. The minimum Gasteiger partial charge on any atom is -0.251 e. The first-order valence-corrected chi connectivity index (χ1v) is 33.6. The minimum absolute atomic E-state index is 0.0695. The van der Waals surface area contributed by atoms with Crippen LogP contribution in [0.15, 0.2) is 60.9 Å². The topological polar surface area (TPSA) is 25.8 Å². The lowest BCUT2D eigenvalue weighted by Crippen LogP contribution is -2.25. The van der Waals surface area contributed by atoms with E-state index in [0.29, 0.717) is 0 Å². The molecule has 2 nitrogen and oxygen atoms in total. The van der Waals surface area contributed by atoms with E-state index in [-0.39, 0.29) is 5.41 Å². The number of nitrogens with zero attached hydrogens (tertiary/aromatic N) is 2. The van der Waals surface area contributed by atoms with Crippen LogP contribution in [0.3, 0.4) is 0 Å².